The third-order valence-corrected chi connectivity index (χ3v) is 5.25. The number of aryl methyl sites for hydroxylation is 1. The lowest BCUT2D eigenvalue weighted by Gasteiger charge is -2.22. The molecule has 0 spiro atoms. The average Bonchev–Trinajstić information content (AvgIpc) is 2.71. The summed E-state index contributed by atoms with van der Waals surface area (Å²) in [5.74, 6) is 0.894. The summed E-state index contributed by atoms with van der Waals surface area (Å²) in [6.45, 7) is 8.60. The van der Waals surface area contributed by atoms with Gasteiger partial charge in [0, 0.05) is 11.9 Å². The van der Waals surface area contributed by atoms with Crippen LogP contribution in [0, 0.1) is 6.92 Å². The van der Waals surface area contributed by atoms with Crippen LogP contribution in [-0.2, 0) is 6.54 Å². The van der Waals surface area contributed by atoms with Crippen molar-refractivity contribution in [2.24, 2.45) is 0 Å². The molecule has 0 amide bonds. The highest BCUT2D eigenvalue weighted by Crippen LogP contribution is 2.33. The van der Waals surface area contributed by atoms with Crippen molar-refractivity contribution >= 4 is 11.0 Å². The first-order valence-corrected chi connectivity index (χ1v) is 10.1. The lowest BCUT2D eigenvalue weighted by atomic mass is 9.97. The Bertz CT molecular complexity index is 1030. The molecule has 0 aliphatic carbocycles. The minimum Gasteiger partial charge on any atom is -0.507 e. The Hall–Kier alpha value is -2.79. The number of methoxy groups -OCH3 is 1. The maximum Gasteiger partial charge on any atom is 0.344 e. The number of aromatic hydroxyl groups is 1. The molecule has 0 bridgehead atoms. The molecule has 0 atom stereocenters. The Morgan fingerprint density at radius 1 is 1.03 bits per heavy atom. The molecule has 0 aliphatic heterocycles. The third kappa shape index (κ3) is 4.30. The standard InChI is InChI=1S/C24H29NO4/c1-5-13-25(14-6-2)15-20-21(26)12-11-19-16(3)22(24(27)29-23(19)20)17-7-9-18(28-4)10-8-17/h7-12,26H,5-6,13-15H2,1-4H3. The van der Waals surface area contributed by atoms with Crippen molar-refractivity contribution in [3.05, 3.63) is 57.9 Å². The number of rotatable bonds is 8. The number of benzene rings is 2. The highest BCUT2D eigenvalue weighted by molar-refractivity contribution is 5.89. The summed E-state index contributed by atoms with van der Waals surface area (Å²) in [4.78, 5) is 15.2. The number of phenolic OH excluding ortho intramolecular Hbond substituents is 1. The van der Waals surface area contributed by atoms with E-state index in [1.165, 1.54) is 0 Å². The zero-order valence-electron chi connectivity index (χ0n) is 17.6. The molecule has 154 valence electrons. The second-order valence-corrected chi connectivity index (χ2v) is 7.33. The van der Waals surface area contributed by atoms with E-state index in [0.717, 1.165) is 48.2 Å². The Balaban J connectivity index is 2.14. The lowest BCUT2D eigenvalue weighted by Crippen LogP contribution is -2.25. The number of fused-ring (bicyclic) bond motifs is 1. The summed E-state index contributed by atoms with van der Waals surface area (Å²) in [5.41, 5.74) is 2.92. The number of hydrogen-bond donors (Lipinski definition) is 1. The molecule has 1 N–H and O–H groups in total. The topological polar surface area (TPSA) is 62.9 Å². The molecule has 1 heterocycles. The van der Waals surface area contributed by atoms with Gasteiger partial charge in [0.1, 0.15) is 17.1 Å². The van der Waals surface area contributed by atoms with E-state index < -0.39 is 5.63 Å². The Kier molecular flexibility index (Phi) is 6.60. The van der Waals surface area contributed by atoms with Crippen molar-refractivity contribution in [2.45, 2.75) is 40.2 Å². The van der Waals surface area contributed by atoms with Crippen LogP contribution in [0.25, 0.3) is 22.1 Å². The molecule has 29 heavy (non-hydrogen) atoms. The molecule has 5 heteroatoms. The Labute approximate surface area is 171 Å². The zero-order chi connectivity index (χ0) is 21.0. The van der Waals surface area contributed by atoms with Crippen molar-refractivity contribution < 1.29 is 14.3 Å². The fraction of sp³-hybridized carbons (Fsp3) is 0.375. The summed E-state index contributed by atoms with van der Waals surface area (Å²) >= 11 is 0. The summed E-state index contributed by atoms with van der Waals surface area (Å²) in [7, 11) is 1.61. The van der Waals surface area contributed by atoms with Crippen LogP contribution in [0.5, 0.6) is 11.5 Å². The average molecular weight is 395 g/mol. The molecule has 3 rings (SSSR count). The molecule has 0 saturated heterocycles. The smallest absolute Gasteiger partial charge is 0.344 e. The number of hydrogen-bond acceptors (Lipinski definition) is 5. The van der Waals surface area contributed by atoms with E-state index in [9.17, 15) is 9.90 Å². The number of phenols is 1. The normalized spacial score (nSPS) is 11.3. The molecule has 2 aromatic carbocycles. The third-order valence-electron chi connectivity index (χ3n) is 5.25. The SMILES string of the molecule is CCCN(CCC)Cc1c(O)ccc2c(C)c(-c3ccc(OC)cc3)c(=O)oc12. The molecule has 0 unspecified atom stereocenters. The van der Waals surface area contributed by atoms with Crippen molar-refractivity contribution in [1.82, 2.24) is 4.90 Å². The molecule has 0 saturated carbocycles. The van der Waals surface area contributed by atoms with Crippen LogP contribution in [0.2, 0.25) is 0 Å². The lowest BCUT2D eigenvalue weighted by molar-refractivity contribution is 0.262. The van der Waals surface area contributed by atoms with Crippen LogP contribution in [-0.4, -0.2) is 30.2 Å². The van der Waals surface area contributed by atoms with Crippen LogP contribution < -0.4 is 10.4 Å². The second-order valence-electron chi connectivity index (χ2n) is 7.33. The number of nitrogens with zero attached hydrogens (tertiary/aromatic N) is 1. The van der Waals surface area contributed by atoms with E-state index in [4.69, 9.17) is 9.15 Å². The summed E-state index contributed by atoms with van der Waals surface area (Å²) in [5, 5.41) is 11.4. The van der Waals surface area contributed by atoms with E-state index in [2.05, 4.69) is 18.7 Å². The quantitative estimate of drug-likeness (QED) is 0.537. The monoisotopic (exact) mass is 395 g/mol. The molecular formula is C24H29NO4. The van der Waals surface area contributed by atoms with Gasteiger partial charge in [-0.15, -0.1) is 0 Å². The largest absolute Gasteiger partial charge is 0.507 e. The molecule has 0 radical (unpaired) electrons. The maximum absolute atomic E-state index is 12.9. The fourth-order valence-corrected chi connectivity index (χ4v) is 3.83. The van der Waals surface area contributed by atoms with Crippen LogP contribution in [0.4, 0.5) is 0 Å². The van der Waals surface area contributed by atoms with E-state index in [-0.39, 0.29) is 5.75 Å². The zero-order valence-corrected chi connectivity index (χ0v) is 17.6. The number of ether oxygens (including phenoxy) is 1. The van der Waals surface area contributed by atoms with E-state index in [1.54, 1.807) is 13.2 Å². The summed E-state index contributed by atoms with van der Waals surface area (Å²) < 4.78 is 11.0. The summed E-state index contributed by atoms with van der Waals surface area (Å²) in [6.07, 6.45) is 2.05. The molecule has 3 aromatic rings. The van der Waals surface area contributed by atoms with Crippen LogP contribution >= 0.6 is 0 Å². The van der Waals surface area contributed by atoms with Gasteiger partial charge in [0.2, 0.25) is 0 Å². The molecule has 1 aromatic heterocycles. The van der Waals surface area contributed by atoms with Crippen molar-refractivity contribution in [3.63, 3.8) is 0 Å². The minimum absolute atomic E-state index is 0.162. The van der Waals surface area contributed by atoms with E-state index >= 15 is 0 Å². The fourth-order valence-electron chi connectivity index (χ4n) is 3.83. The second kappa shape index (κ2) is 9.14. The van der Waals surface area contributed by atoms with Gasteiger partial charge in [0.25, 0.3) is 0 Å². The van der Waals surface area contributed by atoms with Gasteiger partial charge in [-0.05, 0) is 68.2 Å². The first kappa shape index (κ1) is 20.9. The van der Waals surface area contributed by atoms with E-state index in [1.807, 2.05) is 37.3 Å². The first-order valence-electron chi connectivity index (χ1n) is 10.1. The Morgan fingerprint density at radius 3 is 2.28 bits per heavy atom. The molecule has 0 fully saturated rings. The maximum atomic E-state index is 12.9. The van der Waals surface area contributed by atoms with Crippen LogP contribution in [0.1, 0.15) is 37.8 Å². The molecule has 5 nitrogen and oxygen atoms in total. The highest BCUT2D eigenvalue weighted by atomic mass is 16.5. The van der Waals surface area contributed by atoms with Crippen molar-refractivity contribution in [3.8, 4) is 22.6 Å². The predicted molar refractivity (Wildman–Crippen MR) is 117 cm³/mol. The highest BCUT2D eigenvalue weighted by Gasteiger charge is 2.19. The van der Waals surface area contributed by atoms with Crippen LogP contribution in [0.3, 0.4) is 0 Å². The van der Waals surface area contributed by atoms with Crippen LogP contribution in [0.15, 0.2) is 45.6 Å². The summed E-state index contributed by atoms with van der Waals surface area (Å²) in [6, 6.07) is 10.9. The van der Waals surface area contributed by atoms with Gasteiger partial charge in [0.05, 0.1) is 18.2 Å². The van der Waals surface area contributed by atoms with Gasteiger partial charge >= 0.3 is 5.63 Å². The van der Waals surface area contributed by atoms with E-state index in [0.29, 0.717) is 23.3 Å². The van der Waals surface area contributed by atoms with Crippen molar-refractivity contribution in [1.29, 1.82) is 0 Å². The van der Waals surface area contributed by atoms with Gasteiger partial charge in [0.15, 0.2) is 0 Å². The molecule has 0 aliphatic rings. The van der Waals surface area contributed by atoms with Gasteiger partial charge in [-0.25, -0.2) is 4.79 Å². The van der Waals surface area contributed by atoms with Gasteiger partial charge in [-0.1, -0.05) is 26.0 Å². The Morgan fingerprint density at radius 2 is 1.69 bits per heavy atom. The van der Waals surface area contributed by atoms with Gasteiger partial charge < -0.3 is 14.3 Å². The molecular weight excluding hydrogens is 366 g/mol. The van der Waals surface area contributed by atoms with Gasteiger partial charge in [-0.3, -0.25) is 4.90 Å². The predicted octanol–water partition coefficient (Wildman–Crippen LogP) is 5.10. The van der Waals surface area contributed by atoms with Gasteiger partial charge in [-0.2, -0.15) is 0 Å². The first-order chi connectivity index (χ1) is 14.0. The minimum atomic E-state index is -0.399. The van der Waals surface area contributed by atoms with Crippen molar-refractivity contribution in [2.75, 3.05) is 20.2 Å².